The largest absolute Gasteiger partial charge is 0.462 e. The molecule has 0 aliphatic heterocycles. The Morgan fingerprint density at radius 3 is 1.71 bits per heavy atom. The second-order valence-electron chi connectivity index (χ2n) is 16.0. The zero-order chi connectivity index (χ0) is 24.9. The standard InChI is InChI=1S/C32H54O2/c1-21(33)34-26-15-18-30(7)23(28(26,4)5)14-20-32(9)25(30)12-11-24-29(6)17-10-16-27(2,3)22(29)13-19-31(24,32)8/h22-26H,10-20H2,1-9H3/t22-,23-,24+,25+,26-,29-,30-,31+,32+/m0/s1. The lowest BCUT2D eigenvalue weighted by Crippen LogP contribution is -2.68. The molecule has 0 radical (unpaired) electrons. The smallest absolute Gasteiger partial charge is 0.302 e. The van der Waals surface area contributed by atoms with E-state index >= 15 is 0 Å². The Morgan fingerprint density at radius 2 is 1.15 bits per heavy atom. The summed E-state index contributed by atoms with van der Waals surface area (Å²) >= 11 is 0. The van der Waals surface area contributed by atoms with Crippen LogP contribution in [-0.2, 0) is 9.53 Å². The molecule has 5 aliphatic carbocycles. The number of carbonyl (C=O) groups excluding carboxylic acids is 1. The number of hydrogen-bond donors (Lipinski definition) is 0. The Kier molecular flexibility index (Phi) is 5.55. The van der Waals surface area contributed by atoms with Gasteiger partial charge < -0.3 is 4.74 Å². The van der Waals surface area contributed by atoms with Crippen LogP contribution in [0.3, 0.4) is 0 Å². The van der Waals surface area contributed by atoms with Crippen molar-refractivity contribution in [2.75, 3.05) is 0 Å². The van der Waals surface area contributed by atoms with E-state index in [0.717, 1.165) is 24.2 Å². The number of esters is 1. The van der Waals surface area contributed by atoms with Gasteiger partial charge in [0, 0.05) is 12.3 Å². The molecule has 5 saturated carbocycles. The second-order valence-corrected chi connectivity index (χ2v) is 16.0. The highest BCUT2D eigenvalue weighted by atomic mass is 16.5. The van der Waals surface area contributed by atoms with Gasteiger partial charge in [0.15, 0.2) is 0 Å². The van der Waals surface area contributed by atoms with E-state index in [9.17, 15) is 4.79 Å². The van der Waals surface area contributed by atoms with Crippen LogP contribution >= 0.6 is 0 Å². The second kappa shape index (κ2) is 7.50. The molecule has 5 fully saturated rings. The summed E-state index contributed by atoms with van der Waals surface area (Å²) in [5.74, 6) is 3.13. The van der Waals surface area contributed by atoms with Gasteiger partial charge in [-0.3, -0.25) is 4.79 Å². The SMILES string of the molecule is CC(=O)O[C@H]1CC[C@]2(C)[C@H]3CC[C@@H]4[C@@]5(C)CCCC(C)(C)[C@@H]5CC[C@@]4(C)[C@]3(C)CC[C@H]2C1(C)C. The van der Waals surface area contributed by atoms with E-state index in [1.807, 2.05) is 0 Å². The first-order valence-corrected chi connectivity index (χ1v) is 14.8. The van der Waals surface area contributed by atoms with E-state index in [2.05, 4.69) is 55.4 Å². The molecule has 5 aliphatic rings. The molecule has 9 atom stereocenters. The first-order valence-electron chi connectivity index (χ1n) is 14.8. The fraction of sp³-hybridized carbons (Fsp3) is 0.969. The fourth-order valence-electron chi connectivity index (χ4n) is 12.6. The van der Waals surface area contributed by atoms with Crippen LogP contribution in [0.4, 0.5) is 0 Å². The average Bonchev–Trinajstić information content (AvgIpc) is 2.70. The van der Waals surface area contributed by atoms with E-state index in [1.54, 1.807) is 6.92 Å². The lowest BCUT2D eigenvalue weighted by atomic mass is 9.30. The maximum Gasteiger partial charge on any atom is 0.302 e. The number of ether oxygens (including phenoxy) is 1. The third-order valence-corrected chi connectivity index (χ3v) is 14.1. The Bertz CT molecular complexity index is 842. The third-order valence-electron chi connectivity index (χ3n) is 14.1. The van der Waals surface area contributed by atoms with Gasteiger partial charge in [-0.25, -0.2) is 0 Å². The minimum Gasteiger partial charge on any atom is -0.462 e. The Morgan fingerprint density at radius 1 is 0.618 bits per heavy atom. The van der Waals surface area contributed by atoms with Crippen molar-refractivity contribution in [1.29, 1.82) is 0 Å². The molecule has 0 aromatic heterocycles. The van der Waals surface area contributed by atoms with E-state index in [0.29, 0.717) is 33.0 Å². The van der Waals surface area contributed by atoms with Gasteiger partial charge in [-0.1, -0.05) is 61.8 Å². The summed E-state index contributed by atoms with van der Waals surface area (Å²) < 4.78 is 5.92. The zero-order valence-electron chi connectivity index (χ0n) is 24.0. The minimum absolute atomic E-state index is 0.0643. The number of carbonyl (C=O) groups is 1. The van der Waals surface area contributed by atoms with Gasteiger partial charge in [0.05, 0.1) is 0 Å². The van der Waals surface area contributed by atoms with Gasteiger partial charge >= 0.3 is 5.97 Å². The summed E-state index contributed by atoms with van der Waals surface area (Å²) in [7, 11) is 0. The molecule has 0 unspecified atom stereocenters. The molecule has 2 heteroatoms. The van der Waals surface area contributed by atoms with Crippen molar-refractivity contribution < 1.29 is 9.53 Å². The van der Waals surface area contributed by atoms with E-state index in [-0.39, 0.29) is 17.5 Å². The minimum atomic E-state index is -0.101. The van der Waals surface area contributed by atoms with E-state index < -0.39 is 0 Å². The van der Waals surface area contributed by atoms with Gasteiger partial charge in [0.25, 0.3) is 0 Å². The van der Waals surface area contributed by atoms with Crippen LogP contribution in [0.5, 0.6) is 0 Å². The first-order chi connectivity index (χ1) is 15.6. The van der Waals surface area contributed by atoms with Gasteiger partial charge in [0.2, 0.25) is 0 Å². The average molecular weight is 471 g/mol. The first kappa shape index (κ1) is 25.1. The Balaban J connectivity index is 1.50. The monoisotopic (exact) mass is 470 g/mol. The van der Waals surface area contributed by atoms with Crippen molar-refractivity contribution in [2.24, 2.45) is 56.2 Å². The van der Waals surface area contributed by atoms with Crippen molar-refractivity contribution in [3.8, 4) is 0 Å². The zero-order valence-corrected chi connectivity index (χ0v) is 24.0. The molecular formula is C32H54O2. The summed E-state index contributed by atoms with van der Waals surface area (Å²) in [4.78, 5) is 11.9. The number of fused-ring (bicyclic) bond motifs is 7. The van der Waals surface area contributed by atoms with Gasteiger partial charge in [-0.05, 0) is 115 Å². The van der Waals surface area contributed by atoms with Crippen molar-refractivity contribution in [1.82, 2.24) is 0 Å². The van der Waals surface area contributed by atoms with E-state index in [1.165, 1.54) is 64.2 Å². The highest BCUT2D eigenvalue weighted by Gasteiger charge is 2.70. The van der Waals surface area contributed by atoms with Crippen molar-refractivity contribution in [2.45, 2.75) is 139 Å². The number of rotatable bonds is 1. The van der Waals surface area contributed by atoms with Crippen molar-refractivity contribution in [3.63, 3.8) is 0 Å². The molecule has 2 nitrogen and oxygen atoms in total. The van der Waals surface area contributed by atoms with Crippen LogP contribution in [-0.4, -0.2) is 12.1 Å². The summed E-state index contributed by atoms with van der Waals surface area (Å²) in [6, 6.07) is 0. The van der Waals surface area contributed by atoms with Crippen LogP contribution in [0.25, 0.3) is 0 Å². The molecule has 5 rings (SSSR count). The molecule has 0 amide bonds. The van der Waals surface area contributed by atoms with E-state index in [4.69, 9.17) is 4.74 Å². The molecular weight excluding hydrogens is 416 g/mol. The van der Waals surface area contributed by atoms with Gasteiger partial charge in [-0.15, -0.1) is 0 Å². The molecule has 34 heavy (non-hydrogen) atoms. The fourth-order valence-corrected chi connectivity index (χ4v) is 12.6. The molecule has 0 aromatic carbocycles. The highest BCUT2D eigenvalue weighted by molar-refractivity contribution is 5.66. The molecule has 0 N–H and O–H groups in total. The van der Waals surface area contributed by atoms with Crippen LogP contribution in [0.2, 0.25) is 0 Å². The van der Waals surface area contributed by atoms with Crippen LogP contribution in [0.15, 0.2) is 0 Å². The maximum atomic E-state index is 11.9. The Labute approximate surface area is 210 Å². The quantitative estimate of drug-likeness (QED) is 0.358. The molecule has 0 bridgehead atoms. The predicted molar refractivity (Wildman–Crippen MR) is 140 cm³/mol. The molecule has 0 spiro atoms. The summed E-state index contributed by atoms with van der Waals surface area (Å²) in [6.45, 7) is 22.5. The maximum absolute atomic E-state index is 11.9. The lowest BCUT2D eigenvalue weighted by molar-refractivity contribution is -0.264. The summed E-state index contributed by atoms with van der Waals surface area (Å²) in [6.07, 6.45) is 15.1. The van der Waals surface area contributed by atoms with Gasteiger partial charge in [-0.2, -0.15) is 0 Å². The molecule has 0 saturated heterocycles. The molecule has 0 aromatic rings. The van der Waals surface area contributed by atoms with Crippen molar-refractivity contribution in [3.05, 3.63) is 0 Å². The third kappa shape index (κ3) is 3.08. The highest BCUT2D eigenvalue weighted by Crippen LogP contribution is 2.78. The van der Waals surface area contributed by atoms with Gasteiger partial charge in [0.1, 0.15) is 6.10 Å². The normalized spacial score (nSPS) is 53.5. The number of hydrogen-bond acceptors (Lipinski definition) is 2. The predicted octanol–water partition coefficient (Wildman–Crippen LogP) is 8.82. The molecule has 194 valence electrons. The lowest BCUT2D eigenvalue weighted by Gasteiger charge is -2.74. The summed E-state index contributed by atoms with van der Waals surface area (Å²) in [5.41, 5.74) is 2.35. The Hall–Kier alpha value is -0.530. The van der Waals surface area contributed by atoms with Crippen LogP contribution < -0.4 is 0 Å². The molecule has 0 heterocycles. The van der Waals surface area contributed by atoms with Crippen LogP contribution in [0.1, 0.15) is 133 Å². The summed E-state index contributed by atoms with van der Waals surface area (Å²) in [5, 5.41) is 0. The van der Waals surface area contributed by atoms with Crippen molar-refractivity contribution >= 4 is 5.97 Å². The van der Waals surface area contributed by atoms with Crippen LogP contribution in [0, 0.1) is 56.2 Å². The topological polar surface area (TPSA) is 26.3 Å².